The number of nitrogens with one attached hydrogen (secondary N) is 1. The fourth-order valence-corrected chi connectivity index (χ4v) is 1.51. The molecule has 3 N–H and O–H groups in total. The largest absolute Gasteiger partial charge is 0.463 e. The Morgan fingerprint density at radius 1 is 1.53 bits per heavy atom. The minimum atomic E-state index is -2.18. The Labute approximate surface area is 103 Å². The molecule has 0 rings (SSSR count). The van der Waals surface area contributed by atoms with Gasteiger partial charge in [0.25, 0.3) is 0 Å². The molecule has 0 spiro atoms. The van der Waals surface area contributed by atoms with E-state index in [0.29, 0.717) is 13.0 Å². The predicted octanol–water partition coefficient (Wildman–Crippen LogP) is -0.568. The molecule has 0 saturated carbocycles. The van der Waals surface area contributed by atoms with Gasteiger partial charge >= 0.3 is 5.97 Å². The predicted molar refractivity (Wildman–Crippen MR) is 61.4 cm³/mol. The van der Waals surface area contributed by atoms with E-state index in [2.05, 4.69) is 4.72 Å². The van der Waals surface area contributed by atoms with E-state index in [9.17, 15) is 9.00 Å². The number of carbonyl (C=O) groups is 1. The minimum Gasteiger partial charge on any atom is -0.463 e. The number of hydrogen-bond donors (Lipinski definition) is 3. The van der Waals surface area contributed by atoms with Crippen LogP contribution in [0.5, 0.6) is 0 Å². The second-order valence-electron chi connectivity index (χ2n) is 3.53. The van der Waals surface area contributed by atoms with Crippen molar-refractivity contribution in [3.8, 4) is 0 Å². The molecule has 8 heteroatoms. The molecule has 0 aromatic rings. The summed E-state index contributed by atoms with van der Waals surface area (Å²) in [7, 11) is 0. The first kappa shape index (κ1) is 16.5. The first-order valence-corrected chi connectivity index (χ1v) is 6.29. The van der Waals surface area contributed by atoms with E-state index < -0.39 is 17.3 Å². The molecule has 0 aromatic carbocycles. The summed E-state index contributed by atoms with van der Waals surface area (Å²) in [4.78, 5) is 10.6. The Bertz CT molecular complexity index is 250. The molecule has 0 aliphatic rings. The van der Waals surface area contributed by atoms with Crippen LogP contribution >= 0.6 is 0 Å². The zero-order valence-corrected chi connectivity index (χ0v) is 10.7. The van der Waals surface area contributed by atoms with Crippen molar-refractivity contribution in [2.24, 2.45) is 0 Å². The third-order valence-electron chi connectivity index (χ3n) is 1.84. The van der Waals surface area contributed by atoms with E-state index >= 15 is 0 Å². The van der Waals surface area contributed by atoms with Crippen LogP contribution in [0.4, 0.5) is 0 Å². The highest BCUT2D eigenvalue weighted by molar-refractivity contribution is 7.77. The molecule has 0 fully saturated rings. The van der Waals surface area contributed by atoms with Gasteiger partial charge in [0.15, 0.2) is 0 Å². The van der Waals surface area contributed by atoms with Crippen molar-refractivity contribution < 1.29 is 28.1 Å². The fourth-order valence-electron chi connectivity index (χ4n) is 1.08. The van der Waals surface area contributed by atoms with Crippen molar-refractivity contribution in [2.45, 2.75) is 32.4 Å². The molecule has 3 unspecified atom stereocenters. The third-order valence-corrected chi connectivity index (χ3v) is 2.38. The number of aliphatic hydroxyl groups is 1. The summed E-state index contributed by atoms with van der Waals surface area (Å²) in [5.41, 5.74) is 0. The second-order valence-corrected chi connectivity index (χ2v) is 4.26. The van der Waals surface area contributed by atoms with Gasteiger partial charge in [-0.3, -0.25) is 9.35 Å². The minimum absolute atomic E-state index is 0.107. The molecule has 0 saturated heterocycles. The second kappa shape index (κ2) is 9.49. The highest BCUT2D eigenvalue weighted by Gasteiger charge is 2.10. The zero-order valence-electron chi connectivity index (χ0n) is 9.92. The van der Waals surface area contributed by atoms with Crippen molar-refractivity contribution in [2.75, 3.05) is 19.8 Å². The highest BCUT2D eigenvalue weighted by atomic mass is 32.2. The molecule has 102 valence electrons. The van der Waals surface area contributed by atoms with Gasteiger partial charge in [-0.1, -0.05) is 0 Å². The lowest BCUT2D eigenvalue weighted by atomic mass is 10.3. The molecule has 0 amide bonds. The molecule has 0 heterocycles. The average molecular weight is 269 g/mol. The summed E-state index contributed by atoms with van der Waals surface area (Å²) in [5, 5.41) is 8.84. The van der Waals surface area contributed by atoms with E-state index in [0.717, 1.165) is 0 Å². The van der Waals surface area contributed by atoms with Crippen LogP contribution in [0.2, 0.25) is 0 Å². The van der Waals surface area contributed by atoms with Crippen LogP contribution in [0.25, 0.3) is 0 Å². The first-order valence-electron chi connectivity index (χ1n) is 5.18. The Balaban J connectivity index is 3.61. The molecular formula is C9H19NO6S. The maximum absolute atomic E-state index is 10.6. The van der Waals surface area contributed by atoms with Gasteiger partial charge in [0.05, 0.1) is 25.9 Å². The van der Waals surface area contributed by atoms with E-state index in [1.165, 1.54) is 6.92 Å². The normalized spacial score (nSPS) is 16.2. The van der Waals surface area contributed by atoms with Crippen LogP contribution in [-0.2, 0) is 25.5 Å². The molecular weight excluding hydrogens is 250 g/mol. The van der Waals surface area contributed by atoms with Crippen molar-refractivity contribution >= 4 is 17.2 Å². The summed E-state index contributed by atoms with van der Waals surface area (Å²) in [6.07, 6.45) is 0.292. The van der Waals surface area contributed by atoms with Crippen molar-refractivity contribution in [1.29, 1.82) is 0 Å². The van der Waals surface area contributed by atoms with Gasteiger partial charge in [-0.15, -0.1) is 0 Å². The van der Waals surface area contributed by atoms with Crippen LogP contribution in [-0.4, -0.2) is 51.8 Å². The Kier molecular flexibility index (Phi) is 9.18. The molecule has 7 nitrogen and oxygen atoms in total. The summed E-state index contributed by atoms with van der Waals surface area (Å²) in [6.45, 7) is 3.22. The lowest BCUT2D eigenvalue weighted by molar-refractivity contribution is -0.146. The summed E-state index contributed by atoms with van der Waals surface area (Å²) in [5.74, 6) is -0.344. The first-order chi connectivity index (χ1) is 7.95. The molecule has 0 radical (unpaired) electrons. The summed E-state index contributed by atoms with van der Waals surface area (Å²) in [6, 6.07) is -0.593. The van der Waals surface area contributed by atoms with Crippen LogP contribution in [0.15, 0.2) is 0 Å². The van der Waals surface area contributed by atoms with E-state index in [-0.39, 0.29) is 25.3 Å². The Morgan fingerprint density at radius 3 is 2.65 bits per heavy atom. The van der Waals surface area contributed by atoms with Gasteiger partial charge in [-0.05, 0) is 6.92 Å². The van der Waals surface area contributed by atoms with Gasteiger partial charge in [0.2, 0.25) is 11.3 Å². The van der Waals surface area contributed by atoms with Gasteiger partial charge < -0.3 is 14.6 Å². The van der Waals surface area contributed by atoms with Crippen molar-refractivity contribution in [3.63, 3.8) is 0 Å². The van der Waals surface area contributed by atoms with E-state index in [1.807, 2.05) is 0 Å². The molecule has 17 heavy (non-hydrogen) atoms. The smallest absolute Gasteiger partial charge is 0.302 e. The quantitative estimate of drug-likeness (QED) is 0.294. The van der Waals surface area contributed by atoms with Crippen LogP contribution < -0.4 is 4.72 Å². The average Bonchev–Trinajstić information content (AvgIpc) is 2.20. The summed E-state index contributed by atoms with van der Waals surface area (Å²) < 4.78 is 31.2. The molecule has 0 aromatic heterocycles. The van der Waals surface area contributed by atoms with Gasteiger partial charge in [-0.25, -0.2) is 8.93 Å². The molecule has 0 aliphatic heterocycles. The third kappa shape index (κ3) is 10.3. The van der Waals surface area contributed by atoms with Gasteiger partial charge in [0.1, 0.15) is 6.10 Å². The van der Waals surface area contributed by atoms with Crippen LogP contribution in [0.1, 0.15) is 20.3 Å². The number of carbonyl (C=O) groups excluding carboxylic acids is 1. The topological polar surface area (TPSA) is 105 Å². The highest BCUT2D eigenvalue weighted by Crippen LogP contribution is 1.98. The fraction of sp³-hybridized carbons (Fsp3) is 0.889. The Morgan fingerprint density at radius 2 is 2.18 bits per heavy atom. The monoisotopic (exact) mass is 269 g/mol. The molecule has 3 atom stereocenters. The van der Waals surface area contributed by atoms with E-state index in [1.54, 1.807) is 6.92 Å². The molecule has 0 bridgehead atoms. The van der Waals surface area contributed by atoms with Crippen LogP contribution in [0.3, 0.4) is 0 Å². The standard InChI is InChI=1S/C9H19NO6S/c1-7(16-8(2)12)3-4-15-6-9(5-11)10-17(13)14/h7,9-11H,3-6H2,1-2H3,(H,13,14). The molecule has 0 aliphatic carbocycles. The maximum atomic E-state index is 10.6. The number of rotatable bonds is 9. The number of esters is 1. The number of aliphatic hydroxyl groups excluding tert-OH is 1. The zero-order chi connectivity index (χ0) is 13.3. The van der Waals surface area contributed by atoms with Crippen molar-refractivity contribution in [1.82, 2.24) is 4.72 Å². The lowest BCUT2D eigenvalue weighted by Gasteiger charge is -2.15. The lowest BCUT2D eigenvalue weighted by Crippen LogP contribution is -2.37. The summed E-state index contributed by atoms with van der Waals surface area (Å²) >= 11 is -2.18. The maximum Gasteiger partial charge on any atom is 0.302 e. The SMILES string of the molecule is CC(=O)OC(C)CCOCC(CO)NS(=O)O. The van der Waals surface area contributed by atoms with Gasteiger partial charge in [-0.2, -0.15) is 0 Å². The van der Waals surface area contributed by atoms with Gasteiger partial charge in [0, 0.05) is 13.3 Å². The number of hydrogen-bond acceptors (Lipinski definition) is 5. The number of ether oxygens (including phenoxy) is 2. The Hall–Kier alpha value is -0.540. The van der Waals surface area contributed by atoms with E-state index in [4.69, 9.17) is 19.1 Å². The van der Waals surface area contributed by atoms with Crippen LogP contribution in [0, 0.1) is 0 Å². The van der Waals surface area contributed by atoms with Crippen molar-refractivity contribution in [3.05, 3.63) is 0 Å².